The Balaban J connectivity index is 1.62. The van der Waals surface area contributed by atoms with Crippen LogP contribution in [0.3, 0.4) is 0 Å². The summed E-state index contributed by atoms with van der Waals surface area (Å²) in [6.45, 7) is 4.98. The third-order valence-corrected chi connectivity index (χ3v) is 5.11. The first kappa shape index (κ1) is 28.4. The van der Waals surface area contributed by atoms with Crippen molar-refractivity contribution in [1.29, 1.82) is 0 Å². The van der Waals surface area contributed by atoms with Gasteiger partial charge in [-0.25, -0.2) is 19.7 Å². The molecule has 202 valence electrons. The van der Waals surface area contributed by atoms with E-state index in [0.717, 1.165) is 0 Å². The molecular weight excluding hydrogens is 531 g/mol. The molecule has 0 spiro atoms. The van der Waals surface area contributed by atoms with Crippen LogP contribution < -0.4 is 20.1 Å². The summed E-state index contributed by atoms with van der Waals surface area (Å²) in [5.41, 5.74) is 0.322. The van der Waals surface area contributed by atoms with Gasteiger partial charge in [-0.05, 0) is 57.2 Å². The van der Waals surface area contributed by atoms with Crippen LogP contribution in [0.4, 0.5) is 19.1 Å². The summed E-state index contributed by atoms with van der Waals surface area (Å²) in [5.74, 6) is -1.01. The number of ether oxygens (including phenoxy) is 3. The van der Waals surface area contributed by atoms with Gasteiger partial charge in [0.2, 0.25) is 18.0 Å². The molecule has 0 bridgehead atoms. The molecule has 14 heteroatoms. The topological polar surface area (TPSA) is 125 Å². The van der Waals surface area contributed by atoms with E-state index in [4.69, 9.17) is 25.8 Å². The maximum absolute atomic E-state index is 12.8. The third kappa shape index (κ3) is 7.68. The number of methoxy groups -OCH3 is 1. The number of esters is 1. The van der Waals surface area contributed by atoms with Crippen molar-refractivity contribution < 1.29 is 37.0 Å². The molecule has 3 aromatic rings. The number of alkyl halides is 3. The molecule has 0 aliphatic heterocycles. The molecule has 2 unspecified atom stereocenters. The summed E-state index contributed by atoms with van der Waals surface area (Å²) < 4.78 is 54.1. The van der Waals surface area contributed by atoms with Gasteiger partial charge in [-0.3, -0.25) is 4.79 Å². The molecule has 10 nitrogen and oxygen atoms in total. The van der Waals surface area contributed by atoms with Gasteiger partial charge in [0.15, 0.2) is 6.10 Å². The predicted molar refractivity (Wildman–Crippen MR) is 130 cm³/mol. The number of aromatic nitrogens is 3. The lowest BCUT2D eigenvalue weighted by atomic mass is 10.3. The number of carbonyl (C=O) groups excluding carboxylic acids is 2. The van der Waals surface area contributed by atoms with Gasteiger partial charge in [-0.15, -0.1) is 0 Å². The summed E-state index contributed by atoms with van der Waals surface area (Å²) in [6, 6.07) is 8.30. The Bertz CT molecular complexity index is 1290. The second-order valence-corrected chi connectivity index (χ2v) is 8.33. The summed E-state index contributed by atoms with van der Waals surface area (Å²) >= 11 is 5.86. The lowest BCUT2D eigenvalue weighted by molar-refractivity contribution is -0.145. The SMILES string of the molecule is COC(=O)C(NC(=O)C(C)Oc1ccc(Oc2ncc(C(F)(F)F)cc2Cl)cc1)Nc1nc(C)cc(C)n1. The van der Waals surface area contributed by atoms with Crippen LogP contribution in [0.5, 0.6) is 17.4 Å². The maximum Gasteiger partial charge on any atom is 0.417 e. The van der Waals surface area contributed by atoms with Crippen LogP contribution in [0, 0.1) is 13.8 Å². The van der Waals surface area contributed by atoms with E-state index < -0.39 is 35.9 Å². The minimum atomic E-state index is -4.59. The number of halogens is 4. The van der Waals surface area contributed by atoms with Crippen LogP contribution in [-0.4, -0.2) is 46.2 Å². The number of anilines is 1. The highest BCUT2D eigenvalue weighted by atomic mass is 35.5. The zero-order valence-corrected chi connectivity index (χ0v) is 21.3. The van der Waals surface area contributed by atoms with Crippen LogP contribution in [-0.2, 0) is 20.5 Å². The minimum Gasteiger partial charge on any atom is -0.481 e. The molecule has 2 aromatic heterocycles. The molecule has 0 radical (unpaired) electrons. The van der Waals surface area contributed by atoms with E-state index in [0.29, 0.717) is 23.7 Å². The van der Waals surface area contributed by atoms with E-state index in [2.05, 4.69) is 25.6 Å². The smallest absolute Gasteiger partial charge is 0.417 e. The van der Waals surface area contributed by atoms with Crippen LogP contribution in [0.2, 0.25) is 5.02 Å². The normalized spacial score (nSPS) is 12.7. The van der Waals surface area contributed by atoms with Gasteiger partial charge in [-0.2, -0.15) is 13.2 Å². The van der Waals surface area contributed by atoms with Crippen LogP contribution in [0.1, 0.15) is 23.9 Å². The largest absolute Gasteiger partial charge is 0.481 e. The zero-order chi connectivity index (χ0) is 28.0. The van der Waals surface area contributed by atoms with E-state index in [-0.39, 0.29) is 28.3 Å². The quantitative estimate of drug-likeness (QED) is 0.292. The monoisotopic (exact) mass is 553 g/mol. The number of benzene rings is 1. The van der Waals surface area contributed by atoms with Crippen molar-refractivity contribution in [3.8, 4) is 17.4 Å². The highest BCUT2D eigenvalue weighted by Crippen LogP contribution is 2.34. The number of carbonyl (C=O) groups is 2. The lowest BCUT2D eigenvalue weighted by Crippen LogP contribution is -2.51. The lowest BCUT2D eigenvalue weighted by Gasteiger charge is -2.21. The second kappa shape index (κ2) is 11.9. The molecule has 1 amide bonds. The number of amides is 1. The van der Waals surface area contributed by atoms with Crippen molar-refractivity contribution in [3.05, 3.63) is 64.6 Å². The fraction of sp³-hybridized carbons (Fsp3) is 0.292. The van der Waals surface area contributed by atoms with Crippen molar-refractivity contribution in [2.45, 2.75) is 39.2 Å². The van der Waals surface area contributed by atoms with E-state index in [1.165, 1.54) is 38.3 Å². The van der Waals surface area contributed by atoms with Gasteiger partial charge < -0.3 is 24.8 Å². The summed E-state index contributed by atoms with van der Waals surface area (Å²) in [5, 5.41) is 4.90. The second-order valence-electron chi connectivity index (χ2n) is 7.93. The van der Waals surface area contributed by atoms with Crippen molar-refractivity contribution in [2.75, 3.05) is 12.4 Å². The molecule has 3 rings (SSSR count). The Morgan fingerprint density at radius 3 is 2.18 bits per heavy atom. The standard InChI is InChI=1S/C24H23ClF3N5O5/c1-12-9-13(2)31-23(30-12)33-19(22(35)36-4)32-20(34)14(3)37-16-5-7-17(8-6-16)38-21-18(25)10-15(11-29-21)24(26,27)28/h5-11,14,19H,1-4H3,(H,32,34)(H,30,31,33). The molecule has 0 fully saturated rings. The fourth-order valence-corrected chi connectivity index (χ4v) is 3.27. The Morgan fingerprint density at radius 2 is 1.63 bits per heavy atom. The number of hydrogen-bond donors (Lipinski definition) is 2. The predicted octanol–water partition coefficient (Wildman–Crippen LogP) is 4.45. The molecule has 0 aliphatic carbocycles. The summed E-state index contributed by atoms with van der Waals surface area (Å²) in [4.78, 5) is 36.9. The Kier molecular flexibility index (Phi) is 8.94. The van der Waals surface area contributed by atoms with Crippen LogP contribution >= 0.6 is 11.6 Å². The van der Waals surface area contributed by atoms with Gasteiger partial charge in [0, 0.05) is 17.6 Å². The first-order valence-corrected chi connectivity index (χ1v) is 11.4. The summed E-state index contributed by atoms with van der Waals surface area (Å²) in [7, 11) is 1.17. The Hall–Kier alpha value is -4.13. The van der Waals surface area contributed by atoms with Gasteiger partial charge in [0.1, 0.15) is 16.5 Å². The third-order valence-electron chi connectivity index (χ3n) is 4.83. The van der Waals surface area contributed by atoms with Crippen molar-refractivity contribution in [1.82, 2.24) is 20.3 Å². The molecule has 2 N–H and O–H groups in total. The van der Waals surface area contributed by atoms with Gasteiger partial charge in [0.25, 0.3) is 5.91 Å². The fourth-order valence-electron chi connectivity index (χ4n) is 3.06. The Morgan fingerprint density at radius 1 is 1.03 bits per heavy atom. The van der Waals surface area contributed by atoms with E-state index in [9.17, 15) is 22.8 Å². The van der Waals surface area contributed by atoms with Gasteiger partial charge in [-0.1, -0.05) is 11.6 Å². The van der Waals surface area contributed by atoms with E-state index in [1.54, 1.807) is 19.9 Å². The molecule has 0 aliphatic rings. The molecule has 1 aromatic carbocycles. The minimum absolute atomic E-state index is 0.130. The van der Waals surface area contributed by atoms with Crippen molar-refractivity contribution >= 4 is 29.4 Å². The van der Waals surface area contributed by atoms with E-state index >= 15 is 0 Å². The van der Waals surface area contributed by atoms with E-state index in [1.807, 2.05) is 0 Å². The van der Waals surface area contributed by atoms with Crippen molar-refractivity contribution in [3.63, 3.8) is 0 Å². The number of hydrogen-bond acceptors (Lipinski definition) is 9. The average Bonchev–Trinajstić information content (AvgIpc) is 2.84. The average molecular weight is 554 g/mol. The van der Waals surface area contributed by atoms with Gasteiger partial charge in [0.05, 0.1) is 12.7 Å². The van der Waals surface area contributed by atoms with Gasteiger partial charge >= 0.3 is 12.1 Å². The molecule has 0 saturated carbocycles. The number of aryl methyl sites for hydroxylation is 2. The van der Waals surface area contributed by atoms with Crippen LogP contribution in [0.15, 0.2) is 42.6 Å². The number of nitrogens with one attached hydrogen (secondary N) is 2. The molecule has 2 atom stereocenters. The first-order chi connectivity index (χ1) is 17.8. The molecular formula is C24H23ClF3N5O5. The number of pyridine rings is 1. The van der Waals surface area contributed by atoms with Crippen molar-refractivity contribution in [2.24, 2.45) is 0 Å². The highest BCUT2D eigenvalue weighted by Gasteiger charge is 2.32. The first-order valence-electron chi connectivity index (χ1n) is 11.0. The maximum atomic E-state index is 12.8. The molecule has 0 saturated heterocycles. The van der Waals surface area contributed by atoms with Crippen LogP contribution in [0.25, 0.3) is 0 Å². The zero-order valence-electron chi connectivity index (χ0n) is 20.6. The molecule has 2 heterocycles. The Labute approximate surface area is 220 Å². The number of nitrogens with zero attached hydrogens (tertiary/aromatic N) is 3. The highest BCUT2D eigenvalue weighted by molar-refractivity contribution is 6.31. The number of rotatable bonds is 9. The summed E-state index contributed by atoms with van der Waals surface area (Å²) in [6.07, 6.45) is -6.29. The molecule has 38 heavy (non-hydrogen) atoms.